The molecule has 0 atom stereocenters. The van der Waals surface area contributed by atoms with E-state index in [-0.39, 0.29) is 11.9 Å². The third-order valence-electron chi connectivity index (χ3n) is 7.03. The molecule has 0 spiro atoms. The van der Waals surface area contributed by atoms with Gasteiger partial charge in [0, 0.05) is 23.5 Å². The lowest BCUT2D eigenvalue weighted by molar-refractivity contribution is 0.154. The standard InChI is InChI=1S/C29H24FN7O/c30-19-6-4-5-17(11-19)22-15-32-16-25-26(22)35-29(34-25)28-27-24(36-37-28)10-9-23(33-27)18-12-21(14-31-13-18)38-20-7-2-1-3-8-20/h4-6,9-16,20H,1-3,7-8H2,(H,34,35)(H,36,37). The Morgan fingerprint density at radius 1 is 0.816 bits per heavy atom. The molecular formula is C29H24FN7O. The van der Waals surface area contributed by atoms with Crippen LogP contribution < -0.4 is 4.74 Å². The van der Waals surface area contributed by atoms with Crippen LogP contribution in [0.25, 0.3) is 56.0 Å². The number of hydrogen-bond donors (Lipinski definition) is 2. The highest BCUT2D eigenvalue weighted by Crippen LogP contribution is 2.32. The Hall–Kier alpha value is -4.66. The van der Waals surface area contributed by atoms with E-state index < -0.39 is 0 Å². The molecule has 1 aliphatic carbocycles. The molecule has 5 heterocycles. The summed E-state index contributed by atoms with van der Waals surface area (Å²) >= 11 is 0. The molecule has 0 aliphatic heterocycles. The summed E-state index contributed by atoms with van der Waals surface area (Å²) in [5.41, 5.74) is 6.54. The lowest BCUT2D eigenvalue weighted by atomic mass is 9.98. The van der Waals surface area contributed by atoms with Crippen LogP contribution in [0.1, 0.15) is 32.1 Å². The van der Waals surface area contributed by atoms with Crippen LogP contribution in [0, 0.1) is 5.82 Å². The van der Waals surface area contributed by atoms with E-state index in [1.165, 1.54) is 31.4 Å². The maximum atomic E-state index is 13.9. The number of rotatable bonds is 5. The maximum absolute atomic E-state index is 13.9. The summed E-state index contributed by atoms with van der Waals surface area (Å²) in [6.07, 6.45) is 13.1. The predicted octanol–water partition coefficient (Wildman–Crippen LogP) is 6.48. The van der Waals surface area contributed by atoms with Crippen LogP contribution in [0.5, 0.6) is 5.75 Å². The minimum atomic E-state index is -0.312. The van der Waals surface area contributed by atoms with E-state index in [1.807, 2.05) is 24.3 Å². The number of benzene rings is 1. The zero-order chi connectivity index (χ0) is 25.5. The first-order valence-electron chi connectivity index (χ1n) is 12.8. The lowest BCUT2D eigenvalue weighted by Gasteiger charge is -2.22. The van der Waals surface area contributed by atoms with Crippen molar-refractivity contribution in [1.82, 2.24) is 35.1 Å². The molecule has 8 nitrogen and oxygen atoms in total. The van der Waals surface area contributed by atoms with Crippen LogP contribution in [0.2, 0.25) is 0 Å². The number of aromatic amines is 2. The number of nitrogens with zero attached hydrogens (tertiary/aromatic N) is 5. The predicted molar refractivity (Wildman–Crippen MR) is 143 cm³/mol. The van der Waals surface area contributed by atoms with Gasteiger partial charge in [0.15, 0.2) is 11.5 Å². The molecule has 1 saturated carbocycles. The fourth-order valence-electron chi connectivity index (χ4n) is 5.14. The molecular weight excluding hydrogens is 481 g/mol. The second-order valence-electron chi connectivity index (χ2n) is 9.63. The summed E-state index contributed by atoms with van der Waals surface area (Å²) in [6.45, 7) is 0. The SMILES string of the molecule is Fc1cccc(-c2cncc3[nH]c(-c4n[nH]c5ccc(-c6cncc(OC7CCCCC7)c6)nc45)nc23)c1. The van der Waals surface area contributed by atoms with Crippen molar-refractivity contribution in [2.45, 2.75) is 38.2 Å². The topological polar surface area (TPSA) is 105 Å². The number of pyridine rings is 3. The van der Waals surface area contributed by atoms with Crippen LogP contribution in [-0.4, -0.2) is 41.2 Å². The van der Waals surface area contributed by atoms with Gasteiger partial charge in [-0.1, -0.05) is 18.6 Å². The third kappa shape index (κ3) is 4.15. The van der Waals surface area contributed by atoms with Crippen LogP contribution in [0.3, 0.4) is 0 Å². The van der Waals surface area contributed by atoms with E-state index in [0.717, 1.165) is 46.4 Å². The number of hydrogen-bond acceptors (Lipinski definition) is 6. The molecule has 0 amide bonds. The second-order valence-corrected chi connectivity index (χ2v) is 9.63. The molecule has 0 radical (unpaired) electrons. The Balaban J connectivity index is 1.26. The van der Waals surface area contributed by atoms with Crippen LogP contribution in [-0.2, 0) is 0 Å². The average molecular weight is 506 g/mol. The molecule has 0 unspecified atom stereocenters. The number of H-pyrrole nitrogens is 2. The van der Waals surface area contributed by atoms with E-state index >= 15 is 0 Å². The van der Waals surface area contributed by atoms with Crippen LogP contribution >= 0.6 is 0 Å². The normalized spacial score (nSPS) is 14.3. The Bertz CT molecular complexity index is 1770. The second kappa shape index (κ2) is 9.33. The van der Waals surface area contributed by atoms with Gasteiger partial charge in [0.25, 0.3) is 0 Å². The summed E-state index contributed by atoms with van der Waals surface area (Å²) in [7, 11) is 0. The van der Waals surface area contributed by atoms with Crippen molar-refractivity contribution in [3.8, 4) is 39.7 Å². The number of aromatic nitrogens is 7. The highest BCUT2D eigenvalue weighted by atomic mass is 19.1. The first kappa shape index (κ1) is 22.5. The van der Waals surface area contributed by atoms with Gasteiger partial charge in [-0.15, -0.1) is 0 Å². The van der Waals surface area contributed by atoms with E-state index in [1.54, 1.807) is 30.9 Å². The smallest absolute Gasteiger partial charge is 0.161 e. The summed E-state index contributed by atoms with van der Waals surface area (Å²) in [5, 5.41) is 7.56. The van der Waals surface area contributed by atoms with Crippen molar-refractivity contribution in [2.24, 2.45) is 0 Å². The Morgan fingerprint density at radius 3 is 2.61 bits per heavy atom. The summed E-state index contributed by atoms with van der Waals surface area (Å²) < 4.78 is 20.1. The monoisotopic (exact) mass is 505 g/mol. The lowest BCUT2D eigenvalue weighted by Crippen LogP contribution is -2.19. The van der Waals surface area contributed by atoms with E-state index in [0.29, 0.717) is 28.1 Å². The number of imidazole rings is 1. The minimum absolute atomic E-state index is 0.247. The van der Waals surface area contributed by atoms with Gasteiger partial charge in [-0.25, -0.2) is 14.4 Å². The van der Waals surface area contributed by atoms with E-state index in [4.69, 9.17) is 14.7 Å². The quantitative estimate of drug-likeness (QED) is 0.278. The fraction of sp³-hybridized carbons (Fsp3) is 0.207. The molecule has 38 heavy (non-hydrogen) atoms. The molecule has 188 valence electrons. The molecule has 1 fully saturated rings. The van der Waals surface area contributed by atoms with Crippen LogP contribution in [0.15, 0.2) is 67.3 Å². The number of nitrogens with one attached hydrogen (secondary N) is 2. The van der Waals surface area contributed by atoms with Gasteiger partial charge in [0.1, 0.15) is 17.1 Å². The number of fused-ring (bicyclic) bond motifs is 2. The van der Waals surface area contributed by atoms with Gasteiger partial charge in [0.2, 0.25) is 0 Å². The highest BCUT2D eigenvalue weighted by molar-refractivity contribution is 5.95. The van der Waals surface area contributed by atoms with E-state index in [2.05, 4.69) is 25.1 Å². The Kier molecular flexibility index (Phi) is 5.53. The zero-order valence-electron chi connectivity index (χ0n) is 20.5. The molecule has 0 saturated heterocycles. The third-order valence-corrected chi connectivity index (χ3v) is 7.03. The van der Waals surface area contributed by atoms with Crippen molar-refractivity contribution in [3.05, 3.63) is 73.1 Å². The van der Waals surface area contributed by atoms with Crippen molar-refractivity contribution < 1.29 is 9.13 Å². The fourth-order valence-corrected chi connectivity index (χ4v) is 5.14. The molecule has 5 aromatic heterocycles. The number of ether oxygens (including phenoxy) is 1. The minimum Gasteiger partial charge on any atom is -0.489 e. The average Bonchev–Trinajstić information content (AvgIpc) is 3.57. The highest BCUT2D eigenvalue weighted by Gasteiger charge is 2.18. The summed E-state index contributed by atoms with van der Waals surface area (Å²) in [6, 6.07) is 12.3. The maximum Gasteiger partial charge on any atom is 0.161 e. The molecule has 9 heteroatoms. The largest absolute Gasteiger partial charge is 0.489 e. The first-order valence-corrected chi connectivity index (χ1v) is 12.8. The van der Waals surface area contributed by atoms with Gasteiger partial charge in [-0.2, -0.15) is 5.10 Å². The first-order chi connectivity index (χ1) is 18.7. The van der Waals surface area contributed by atoms with Crippen molar-refractivity contribution in [2.75, 3.05) is 0 Å². The number of halogens is 1. The molecule has 6 aromatic rings. The van der Waals surface area contributed by atoms with Gasteiger partial charge >= 0.3 is 0 Å². The van der Waals surface area contributed by atoms with Crippen molar-refractivity contribution >= 4 is 22.1 Å². The molecule has 1 aromatic carbocycles. The molecule has 1 aliphatic rings. The molecule has 2 N–H and O–H groups in total. The summed E-state index contributed by atoms with van der Waals surface area (Å²) in [5.74, 6) is 1.00. The van der Waals surface area contributed by atoms with Gasteiger partial charge in [-0.3, -0.25) is 15.1 Å². The summed E-state index contributed by atoms with van der Waals surface area (Å²) in [4.78, 5) is 21.8. The molecule has 0 bridgehead atoms. The Labute approximate surface area is 217 Å². The van der Waals surface area contributed by atoms with Gasteiger partial charge in [0.05, 0.1) is 40.7 Å². The van der Waals surface area contributed by atoms with Gasteiger partial charge in [-0.05, 0) is 61.6 Å². The molecule has 7 rings (SSSR count). The van der Waals surface area contributed by atoms with Crippen LogP contribution in [0.4, 0.5) is 4.39 Å². The van der Waals surface area contributed by atoms with Crippen molar-refractivity contribution in [1.29, 1.82) is 0 Å². The van der Waals surface area contributed by atoms with Gasteiger partial charge < -0.3 is 9.72 Å². The Morgan fingerprint density at radius 2 is 1.71 bits per heavy atom. The van der Waals surface area contributed by atoms with Crippen molar-refractivity contribution in [3.63, 3.8) is 0 Å². The van der Waals surface area contributed by atoms with E-state index in [9.17, 15) is 4.39 Å². The zero-order valence-corrected chi connectivity index (χ0v) is 20.5.